The maximum absolute atomic E-state index is 12.6. The van der Waals surface area contributed by atoms with Gasteiger partial charge in [-0.1, -0.05) is 61.2 Å². The topological polar surface area (TPSA) is 121 Å². The molecule has 2 amide bonds. The van der Waals surface area contributed by atoms with Gasteiger partial charge in [0, 0.05) is 49.8 Å². The van der Waals surface area contributed by atoms with E-state index < -0.39 is 11.5 Å². The van der Waals surface area contributed by atoms with Gasteiger partial charge in [-0.05, 0) is 94.2 Å². The highest BCUT2D eigenvalue weighted by atomic mass is 35.5. The lowest BCUT2D eigenvalue weighted by Crippen LogP contribution is -2.27. The molecule has 2 atom stereocenters. The lowest BCUT2D eigenvalue weighted by molar-refractivity contribution is 0.0463. The fourth-order valence-electron chi connectivity index (χ4n) is 5.58. The van der Waals surface area contributed by atoms with Crippen molar-refractivity contribution in [3.8, 4) is 11.6 Å². The molecule has 12 heteroatoms. The molecule has 274 valence electrons. The van der Waals surface area contributed by atoms with Crippen LogP contribution in [0.2, 0.25) is 5.02 Å². The van der Waals surface area contributed by atoms with Crippen LogP contribution in [0.25, 0.3) is 0 Å². The van der Waals surface area contributed by atoms with E-state index in [9.17, 15) is 9.59 Å². The zero-order chi connectivity index (χ0) is 36.5. The summed E-state index contributed by atoms with van der Waals surface area (Å²) in [6, 6.07) is 13.4. The fourth-order valence-corrected chi connectivity index (χ4v) is 6.65. The molecular formula is C38H54ClN5O5S. The van der Waals surface area contributed by atoms with E-state index in [0.717, 1.165) is 74.5 Å². The summed E-state index contributed by atoms with van der Waals surface area (Å²) in [6.45, 7) is 8.54. The molecule has 1 aromatic heterocycles. The Morgan fingerprint density at radius 1 is 1.18 bits per heavy atom. The van der Waals surface area contributed by atoms with Crippen molar-refractivity contribution in [3.63, 3.8) is 0 Å². The van der Waals surface area contributed by atoms with E-state index in [0.29, 0.717) is 35.3 Å². The monoisotopic (exact) mass is 727 g/mol. The number of anilines is 1. The van der Waals surface area contributed by atoms with E-state index in [-0.39, 0.29) is 5.91 Å². The van der Waals surface area contributed by atoms with E-state index in [1.807, 2.05) is 30.3 Å². The van der Waals surface area contributed by atoms with E-state index in [2.05, 4.69) is 53.7 Å². The number of nitrogens with zero attached hydrogens (tertiary/aromatic N) is 3. The van der Waals surface area contributed by atoms with Gasteiger partial charge < -0.3 is 24.8 Å². The van der Waals surface area contributed by atoms with E-state index in [1.54, 1.807) is 31.1 Å². The Hall–Kier alpha value is -3.67. The molecule has 0 aliphatic heterocycles. The Morgan fingerprint density at radius 3 is 2.66 bits per heavy atom. The Kier molecular flexibility index (Phi) is 17.0. The number of allylic oxidation sites excluding steroid dienone is 1. The predicted molar refractivity (Wildman–Crippen MR) is 205 cm³/mol. The summed E-state index contributed by atoms with van der Waals surface area (Å²) in [6.07, 6.45) is 12.4. The van der Waals surface area contributed by atoms with Crippen LogP contribution in [0.3, 0.4) is 0 Å². The number of hydrogen-bond acceptors (Lipinski definition) is 8. The minimum Gasteiger partial charge on any atom is -0.491 e. The minimum absolute atomic E-state index is 0.244. The lowest BCUT2D eigenvalue weighted by Gasteiger charge is -2.28. The third kappa shape index (κ3) is 12.9. The van der Waals surface area contributed by atoms with Gasteiger partial charge in [-0.25, -0.2) is 0 Å². The molecule has 0 saturated carbocycles. The summed E-state index contributed by atoms with van der Waals surface area (Å²) in [7, 11) is 4.95. The standard InChI is InChI=1S/C38H54ClN5O5S/c1-7-28(15-12-20-38(3,48-6)21-24-50-42-36(46)32-27-43(4)41-37(32)47-5)19-22-44(8-2)33-26-30(35(40)45)17-18-34(33)49-23-10-9-13-29-14-11-16-31(39)25-29/h11-12,14,16-18,20,25-28H,7-10,13,15,19,21-24H2,1-6H3,(H2,40,45)(H,42,46)/b20-12+/t28-,38-/m0/s1. The third-order valence-electron chi connectivity index (χ3n) is 8.86. The van der Waals surface area contributed by atoms with Gasteiger partial charge in [0.1, 0.15) is 11.3 Å². The van der Waals surface area contributed by atoms with Crippen LogP contribution < -0.4 is 24.8 Å². The maximum atomic E-state index is 12.6. The second-order valence-corrected chi connectivity index (χ2v) is 13.9. The number of methoxy groups -OCH3 is 2. The molecule has 3 N–H and O–H groups in total. The van der Waals surface area contributed by atoms with E-state index >= 15 is 0 Å². The number of nitrogens with two attached hydrogens (primary N) is 1. The average Bonchev–Trinajstić information content (AvgIpc) is 3.50. The molecule has 0 unspecified atom stereocenters. The van der Waals surface area contributed by atoms with Gasteiger partial charge in [0.2, 0.25) is 11.8 Å². The second kappa shape index (κ2) is 20.9. The Balaban J connectivity index is 1.52. The van der Waals surface area contributed by atoms with Crippen LogP contribution in [-0.2, 0) is 18.2 Å². The zero-order valence-corrected chi connectivity index (χ0v) is 31.9. The lowest BCUT2D eigenvalue weighted by atomic mass is 9.95. The highest BCUT2D eigenvalue weighted by Gasteiger charge is 2.22. The van der Waals surface area contributed by atoms with Crippen molar-refractivity contribution in [1.82, 2.24) is 14.5 Å². The van der Waals surface area contributed by atoms with Gasteiger partial charge in [-0.3, -0.25) is 19.0 Å². The Morgan fingerprint density at radius 2 is 1.98 bits per heavy atom. The number of amides is 2. The van der Waals surface area contributed by atoms with Crippen LogP contribution in [0, 0.1) is 5.92 Å². The van der Waals surface area contributed by atoms with Crippen LogP contribution >= 0.6 is 23.5 Å². The van der Waals surface area contributed by atoms with Crippen LogP contribution in [-0.4, -0.2) is 66.9 Å². The summed E-state index contributed by atoms with van der Waals surface area (Å²) in [5.74, 6) is 1.49. The summed E-state index contributed by atoms with van der Waals surface area (Å²) < 4.78 is 21.8. The quantitative estimate of drug-likeness (QED) is 0.0581. The van der Waals surface area contributed by atoms with Gasteiger partial charge in [-0.15, -0.1) is 5.10 Å². The fraction of sp³-hybridized carbons (Fsp3) is 0.500. The highest BCUT2D eigenvalue weighted by Crippen LogP contribution is 2.31. The molecule has 1 heterocycles. The number of hydrogen-bond donors (Lipinski definition) is 2. The van der Waals surface area contributed by atoms with Crippen molar-refractivity contribution < 1.29 is 23.8 Å². The molecular weight excluding hydrogens is 674 g/mol. The predicted octanol–water partition coefficient (Wildman–Crippen LogP) is 7.65. The van der Waals surface area contributed by atoms with Crippen molar-refractivity contribution in [2.24, 2.45) is 18.7 Å². The second-order valence-electron chi connectivity index (χ2n) is 12.5. The van der Waals surface area contributed by atoms with Crippen molar-refractivity contribution in [2.45, 2.75) is 71.3 Å². The van der Waals surface area contributed by atoms with Gasteiger partial charge in [0.15, 0.2) is 0 Å². The summed E-state index contributed by atoms with van der Waals surface area (Å²) in [4.78, 5) is 26.9. The number of carbonyl (C=O) groups is 2. The number of benzene rings is 2. The first-order chi connectivity index (χ1) is 24.0. The molecule has 0 radical (unpaired) electrons. The summed E-state index contributed by atoms with van der Waals surface area (Å²) in [5.41, 5.74) is 8.17. The van der Waals surface area contributed by atoms with Crippen LogP contribution in [0.1, 0.15) is 85.6 Å². The molecule has 0 aliphatic carbocycles. The zero-order valence-electron chi connectivity index (χ0n) is 30.4. The minimum atomic E-state index is -0.465. The molecule has 0 spiro atoms. The number of aryl methyl sites for hydroxylation is 2. The van der Waals surface area contributed by atoms with E-state index in [4.69, 9.17) is 31.5 Å². The number of primary amides is 1. The largest absolute Gasteiger partial charge is 0.491 e. The number of aromatic nitrogens is 2. The Bertz CT molecular complexity index is 1550. The van der Waals surface area contributed by atoms with Crippen molar-refractivity contribution in [2.75, 3.05) is 44.6 Å². The molecule has 3 rings (SSSR count). The van der Waals surface area contributed by atoms with Crippen molar-refractivity contribution in [1.29, 1.82) is 0 Å². The number of carbonyl (C=O) groups excluding carboxylic acids is 2. The molecule has 50 heavy (non-hydrogen) atoms. The van der Waals surface area contributed by atoms with Crippen molar-refractivity contribution in [3.05, 3.63) is 82.5 Å². The molecule has 0 aliphatic rings. The Labute approximate surface area is 307 Å². The van der Waals surface area contributed by atoms with Gasteiger partial charge in [0.05, 0.1) is 25.0 Å². The van der Waals surface area contributed by atoms with Crippen LogP contribution in [0.5, 0.6) is 11.6 Å². The first-order valence-electron chi connectivity index (χ1n) is 17.3. The average molecular weight is 728 g/mol. The number of nitrogens with one attached hydrogen (secondary N) is 1. The van der Waals surface area contributed by atoms with Crippen LogP contribution in [0.4, 0.5) is 5.69 Å². The number of halogens is 1. The first-order valence-corrected chi connectivity index (χ1v) is 18.7. The summed E-state index contributed by atoms with van der Waals surface area (Å²) >= 11 is 7.47. The third-order valence-corrected chi connectivity index (χ3v) is 9.83. The molecule has 10 nitrogen and oxygen atoms in total. The highest BCUT2D eigenvalue weighted by molar-refractivity contribution is 7.97. The molecule has 2 aromatic carbocycles. The van der Waals surface area contributed by atoms with Gasteiger partial charge in [-0.2, -0.15) is 0 Å². The molecule has 0 fully saturated rings. The number of unbranched alkanes of at least 4 members (excludes halogenated alkanes) is 1. The van der Waals surface area contributed by atoms with Gasteiger partial charge >= 0.3 is 0 Å². The van der Waals surface area contributed by atoms with E-state index in [1.165, 1.54) is 24.6 Å². The van der Waals surface area contributed by atoms with Crippen LogP contribution in [0.15, 0.2) is 60.8 Å². The first kappa shape index (κ1) is 40.8. The molecule has 3 aromatic rings. The molecule has 0 bridgehead atoms. The van der Waals surface area contributed by atoms with Crippen molar-refractivity contribution >= 4 is 41.1 Å². The number of rotatable bonds is 23. The smallest absolute Gasteiger partial charge is 0.268 e. The summed E-state index contributed by atoms with van der Waals surface area (Å²) in [5, 5.41) is 4.89. The SMILES string of the molecule is CC[C@@H](C/C=C/[C@@](C)(CCSNC(=O)c1cn(C)nc1OC)OC)CCN(CC)c1cc(C(N)=O)ccc1OCCCCc1cccc(Cl)c1. The normalized spacial score (nSPS) is 13.2. The molecule has 0 saturated heterocycles. The maximum Gasteiger partial charge on any atom is 0.268 e. The van der Waals surface area contributed by atoms with Gasteiger partial charge in [0.25, 0.3) is 5.91 Å². The number of ether oxygens (including phenoxy) is 3.